The minimum absolute atomic E-state index is 0.00474. The second-order valence-corrected chi connectivity index (χ2v) is 8.71. The number of hydrogen-bond acceptors (Lipinski definition) is 8. The number of fused-ring (bicyclic) bond motifs is 1. The molecule has 1 heterocycles. The molecule has 3 aromatic rings. The number of para-hydroxylation sites is 1. The number of Topliss-reactive ketones (excluding diaryl/α,β-unsaturated/α-hetero) is 1. The summed E-state index contributed by atoms with van der Waals surface area (Å²) < 4.78 is 38.4. The van der Waals surface area contributed by atoms with Gasteiger partial charge in [0, 0.05) is 23.9 Å². The van der Waals surface area contributed by atoms with Crippen LogP contribution in [-0.4, -0.2) is 24.2 Å². The number of benzene rings is 2. The third-order valence-corrected chi connectivity index (χ3v) is 5.91. The average Bonchev–Trinajstić information content (AvgIpc) is 3.07. The van der Waals surface area contributed by atoms with Gasteiger partial charge in [0.1, 0.15) is 16.5 Å². The quantitative estimate of drug-likeness (QED) is 0.443. The van der Waals surface area contributed by atoms with Crippen molar-refractivity contribution in [3.63, 3.8) is 0 Å². The molecule has 0 aliphatic heterocycles. The van der Waals surface area contributed by atoms with Crippen LogP contribution in [0.1, 0.15) is 27.9 Å². The summed E-state index contributed by atoms with van der Waals surface area (Å²) in [7, 11) is -4.02. The highest BCUT2D eigenvalue weighted by Crippen LogP contribution is 2.31. The molecule has 0 saturated heterocycles. The minimum Gasteiger partial charge on any atom is -0.399 e. The number of carbonyl (C=O) groups is 1. The maximum atomic E-state index is 14.5. The second kappa shape index (κ2) is 8.02. The number of rotatable bonds is 6. The van der Waals surface area contributed by atoms with E-state index >= 15 is 0 Å². The highest BCUT2D eigenvalue weighted by atomic mass is 32.2. The summed E-state index contributed by atoms with van der Waals surface area (Å²) in [5, 5.41) is 10.9. The summed E-state index contributed by atoms with van der Waals surface area (Å²) in [4.78, 5) is 20.3. The molecule has 1 aliphatic rings. The predicted octanol–water partition coefficient (Wildman–Crippen LogP) is 2.81. The van der Waals surface area contributed by atoms with Gasteiger partial charge in [-0.25, -0.2) is 22.9 Å². The van der Waals surface area contributed by atoms with Gasteiger partial charge < -0.3 is 16.4 Å². The normalized spacial score (nSPS) is 13.0. The third kappa shape index (κ3) is 4.15. The number of ketones is 1. The zero-order valence-electron chi connectivity index (χ0n) is 16.7. The minimum atomic E-state index is -4.02. The van der Waals surface area contributed by atoms with Gasteiger partial charge in [0.05, 0.1) is 16.9 Å². The standard InChI is InChI=1S/C21H19FN6O3S/c1-11(23)14-10-25-21(27-17-9-13-12(8-15(17)22)6-7-18(13)29)28-20(14)26-16-4-2-3-5-19(16)32(24,30)31/h2-5,8-10H,1,6-7,23H2,(H2,24,30,31)(H2,25,26,27,28). The molecule has 6 N–H and O–H groups in total. The van der Waals surface area contributed by atoms with Crippen LogP contribution in [0.2, 0.25) is 0 Å². The number of primary sulfonamides is 1. The molecule has 4 rings (SSSR count). The van der Waals surface area contributed by atoms with E-state index < -0.39 is 15.8 Å². The predicted molar refractivity (Wildman–Crippen MR) is 119 cm³/mol. The molecule has 0 radical (unpaired) electrons. The van der Waals surface area contributed by atoms with E-state index in [1.807, 2.05) is 0 Å². The SMILES string of the molecule is C=C(N)c1cnc(Nc2cc3c(cc2F)CCC3=O)nc1Nc1ccccc1S(N)(=O)=O. The molecule has 164 valence electrons. The number of aryl methyl sites for hydroxylation is 1. The second-order valence-electron chi connectivity index (χ2n) is 7.18. The van der Waals surface area contributed by atoms with Gasteiger partial charge >= 0.3 is 0 Å². The van der Waals surface area contributed by atoms with Crippen LogP contribution in [0.25, 0.3) is 5.70 Å². The number of aromatic nitrogens is 2. The van der Waals surface area contributed by atoms with E-state index in [-0.39, 0.29) is 39.5 Å². The van der Waals surface area contributed by atoms with Crippen molar-refractivity contribution in [3.8, 4) is 0 Å². The fourth-order valence-corrected chi connectivity index (χ4v) is 4.09. The average molecular weight is 454 g/mol. The molecule has 1 aliphatic carbocycles. The van der Waals surface area contributed by atoms with Crippen LogP contribution in [0, 0.1) is 5.82 Å². The highest BCUT2D eigenvalue weighted by Gasteiger charge is 2.22. The lowest BCUT2D eigenvalue weighted by Gasteiger charge is -2.15. The van der Waals surface area contributed by atoms with Gasteiger partial charge in [-0.3, -0.25) is 4.79 Å². The van der Waals surface area contributed by atoms with Crippen molar-refractivity contribution in [1.82, 2.24) is 9.97 Å². The zero-order valence-corrected chi connectivity index (χ0v) is 17.5. The molecule has 0 saturated carbocycles. The molecule has 0 fully saturated rings. The fourth-order valence-electron chi connectivity index (χ4n) is 3.40. The van der Waals surface area contributed by atoms with E-state index in [4.69, 9.17) is 10.9 Å². The smallest absolute Gasteiger partial charge is 0.240 e. The molecular formula is C21H19FN6O3S. The Kier molecular flexibility index (Phi) is 5.36. The van der Waals surface area contributed by atoms with Crippen LogP contribution in [0.4, 0.5) is 27.5 Å². The van der Waals surface area contributed by atoms with Crippen molar-refractivity contribution in [2.45, 2.75) is 17.7 Å². The number of sulfonamides is 1. The monoisotopic (exact) mass is 454 g/mol. The summed E-state index contributed by atoms with van der Waals surface area (Å²) in [6.45, 7) is 3.67. The van der Waals surface area contributed by atoms with Crippen molar-refractivity contribution in [1.29, 1.82) is 0 Å². The van der Waals surface area contributed by atoms with Crippen molar-refractivity contribution < 1.29 is 17.6 Å². The first-order valence-corrected chi connectivity index (χ1v) is 11.0. The Labute approximate surface area is 183 Å². The van der Waals surface area contributed by atoms with Crippen LogP contribution >= 0.6 is 0 Å². The van der Waals surface area contributed by atoms with Crippen LogP contribution < -0.4 is 21.5 Å². The highest BCUT2D eigenvalue weighted by molar-refractivity contribution is 7.89. The third-order valence-electron chi connectivity index (χ3n) is 4.94. The van der Waals surface area contributed by atoms with Gasteiger partial charge in [-0.15, -0.1) is 0 Å². The zero-order chi connectivity index (χ0) is 23.0. The first-order chi connectivity index (χ1) is 15.1. The van der Waals surface area contributed by atoms with Gasteiger partial charge in [0.2, 0.25) is 16.0 Å². The largest absolute Gasteiger partial charge is 0.399 e. The van der Waals surface area contributed by atoms with Crippen LogP contribution in [0.15, 0.2) is 54.1 Å². The van der Waals surface area contributed by atoms with Crippen LogP contribution in [-0.2, 0) is 16.4 Å². The lowest BCUT2D eigenvalue weighted by molar-refractivity contribution is 0.0994. The molecule has 1 aromatic heterocycles. The number of halogens is 1. The van der Waals surface area contributed by atoms with Gasteiger partial charge in [-0.2, -0.15) is 4.98 Å². The summed E-state index contributed by atoms with van der Waals surface area (Å²) in [6, 6.07) is 8.74. The lowest BCUT2D eigenvalue weighted by atomic mass is 10.1. The van der Waals surface area contributed by atoms with Crippen molar-refractivity contribution in [2.75, 3.05) is 10.6 Å². The Morgan fingerprint density at radius 1 is 1.12 bits per heavy atom. The molecule has 0 spiro atoms. The molecule has 0 atom stereocenters. The molecule has 0 bridgehead atoms. The van der Waals surface area contributed by atoms with Crippen LogP contribution in [0.5, 0.6) is 0 Å². The molecular weight excluding hydrogens is 435 g/mol. The van der Waals surface area contributed by atoms with E-state index in [2.05, 4.69) is 27.2 Å². The summed E-state index contributed by atoms with van der Waals surface area (Å²) >= 11 is 0. The fraction of sp³-hybridized carbons (Fsp3) is 0.0952. The van der Waals surface area contributed by atoms with E-state index in [1.165, 1.54) is 36.5 Å². The Hall–Kier alpha value is -3.83. The van der Waals surface area contributed by atoms with Gasteiger partial charge in [-0.05, 0) is 36.2 Å². The van der Waals surface area contributed by atoms with Gasteiger partial charge in [-0.1, -0.05) is 18.7 Å². The molecule has 32 heavy (non-hydrogen) atoms. The Bertz CT molecular complexity index is 1370. The molecule has 0 unspecified atom stereocenters. The summed E-state index contributed by atoms with van der Waals surface area (Å²) in [6.07, 6.45) is 2.21. The van der Waals surface area contributed by atoms with Crippen molar-refractivity contribution >= 4 is 44.6 Å². The first-order valence-electron chi connectivity index (χ1n) is 9.47. The Morgan fingerprint density at radius 2 is 1.88 bits per heavy atom. The number of hydrogen-bond donors (Lipinski definition) is 4. The van der Waals surface area contributed by atoms with Crippen molar-refractivity contribution in [2.24, 2.45) is 10.9 Å². The lowest BCUT2D eigenvalue weighted by Crippen LogP contribution is -2.15. The van der Waals surface area contributed by atoms with E-state index in [9.17, 15) is 17.6 Å². The topological polar surface area (TPSA) is 153 Å². The number of nitrogens with two attached hydrogens (primary N) is 2. The number of nitrogens with one attached hydrogen (secondary N) is 2. The molecule has 11 heteroatoms. The Balaban J connectivity index is 1.72. The van der Waals surface area contributed by atoms with Crippen molar-refractivity contribution in [3.05, 3.63) is 71.7 Å². The maximum absolute atomic E-state index is 14.5. The van der Waals surface area contributed by atoms with Crippen LogP contribution in [0.3, 0.4) is 0 Å². The first kappa shape index (κ1) is 21.4. The van der Waals surface area contributed by atoms with E-state index in [0.29, 0.717) is 29.5 Å². The number of carbonyl (C=O) groups excluding carboxylic acids is 1. The summed E-state index contributed by atoms with van der Waals surface area (Å²) in [5.74, 6) is -0.484. The molecule has 2 aromatic carbocycles. The number of anilines is 4. The molecule has 0 amide bonds. The van der Waals surface area contributed by atoms with Gasteiger partial charge in [0.25, 0.3) is 0 Å². The van der Waals surface area contributed by atoms with E-state index in [0.717, 1.165) is 0 Å². The van der Waals surface area contributed by atoms with Gasteiger partial charge in [0.15, 0.2) is 5.78 Å². The summed E-state index contributed by atoms with van der Waals surface area (Å²) in [5.41, 5.74) is 7.58. The Morgan fingerprint density at radius 3 is 2.59 bits per heavy atom. The maximum Gasteiger partial charge on any atom is 0.240 e. The number of nitrogens with zero attached hydrogens (tertiary/aromatic N) is 2. The van der Waals surface area contributed by atoms with E-state index in [1.54, 1.807) is 6.07 Å². The molecule has 9 nitrogen and oxygen atoms in total.